The molecule has 0 amide bonds. The monoisotopic (exact) mass is 180 g/mol. The van der Waals surface area contributed by atoms with Gasteiger partial charge in [-0.05, 0) is 6.42 Å². The number of unbranched alkanes of at least 4 members (excludes halogenated alkanes) is 1. The summed E-state index contributed by atoms with van der Waals surface area (Å²) >= 11 is 0. The molecule has 11 heavy (non-hydrogen) atoms. The molecule has 0 bridgehead atoms. The molecule has 66 valence electrons. The van der Waals surface area contributed by atoms with Gasteiger partial charge in [0.2, 0.25) is 0 Å². The van der Waals surface area contributed by atoms with Gasteiger partial charge in [0.15, 0.2) is 0 Å². The normalized spacial score (nSPS) is 11.1. The maximum Gasteiger partial charge on any atom is 0.322 e. The Hall–Kier alpha value is -0.580. The average molecular weight is 180 g/mol. The molecule has 0 N–H and O–H groups in total. The summed E-state index contributed by atoms with van der Waals surface area (Å²) in [5.41, 5.74) is 0. The molecular weight excluding hydrogens is 168 g/mol. The van der Waals surface area contributed by atoms with Crippen molar-refractivity contribution >= 4 is 16.1 Å². The minimum Gasteiger partial charge on any atom is -0.346 e. The van der Waals surface area contributed by atoms with Crippen molar-refractivity contribution in [2.75, 3.05) is 6.26 Å². The van der Waals surface area contributed by atoms with Crippen molar-refractivity contribution in [3.05, 3.63) is 0 Å². The van der Waals surface area contributed by atoms with Crippen LogP contribution in [0.2, 0.25) is 0 Å². The summed E-state index contributed by atoms with van der Waals surface area (Å²) in [5.74, 6) is -0.672. The summed E-state index contributed by atoms with van der Waals surface area (Å²) in [6.45, 7) is 1.91. The first-order valence-corrected chi connectivity index (χ1v) is 5.19. The van der Waals surface area contributed by atoms with Crippen LogP contribution < -0.4 is 0 Å². The fourth-order valence-corrected chi connectivity index (χ4v) is 0.953. The molecule has 0 saturated carbocycles. The standard InChI is InChI=1S/C6H12O4S/c1-3-4-5-6(7)10-11(2,8)9/h3-5H2,1-2H3. The van der Waals surface area contributed by atoms with E-state index in [1.807, 2.05) is 6.92 Å². The second-order valence-corrected chi connectivity index (χ2v) is 3.84. The highest BCUT2D eigenvalue weighted by Gasteiger charge is 2.09. The second kappa shape index (κ2) is 4.33. The van der Waals surface area contributed by atoms with Crippen LogP contribution in [0, 0.1) is 0 Å². The average Bonchev–Trinajstić information content (AvgIpc) is 1.79. The number of hydrogen-bond acceptors (Lipinski definition) is 4. The number of rotatable bonds is 4. The topological polar surface area (TPSA) is 60.4 Å². The predicted molar refractivity (Wildman–Crippen MR) is 40.5 cm³/mol. The maximum atomic E-state index is 10.6. The summed E-state index contributed by atoms with van der Waals surface area (Å²) in [5, 5.41) is 0. The summed E-state index contributed by atoms with van der Waals surface area (Å²) in [7, 11) is -3.60. The smallest absolute Gasteiger partial charge is 0.322 e. The third-order valence-corrected chi connectivity index (χ3v) is 1.47. The number of carbonyl (C=O) groups is 1. The first-order valence-electron chi connectivity index (χ1n) is 3.38. The van der Waals surface area contributed by atoms with Crippen LogP contribution in [-0.4, -0.2) is 20.6 Å². The Balaban J connectivity index is 3.71. The van der Waals surface area contributed by atoms with Gasteiger partial charge in [0.1, 0.15) is 0 Å². The third-order valence-electron chi connectivity index (χ3n) is 0.979. The molecule has 0 aliphatic carbocycles. The molecular formula is C6H12O4S. The molecule has 0 aromatic rings. The van der Waals surface area contributed by atoms with Crippen LogP contribution in [-0.2, 0) is 19.1 Å². The highest BCUT2D eigenvalue weighted by atomic mass is 32.2. The summed E-state index contributed by atoms with van der Waals surface area (Å²) < 4.78 is 24.8. The molecule has 0 aromatic carbocycles. The highest BCUT2D eigenvalue weighted by molar-refractivity contribution is 7.86. The van der Waals surface area contributed by atoms with Gasteiger partial charge in [0.05, 0.1) is 6.26 Å². The van der Waals surface area contributed by atoms with E-state index in [0.29, 0.717) is 6.42 Å². The maximum absolute atomic E-state index is 10.6. The van der Waals surface area contributed by atoms with Crippen LogP contribution in [0.15, 0.2) is 0 Å². The Labute approximate surface area is 66.7 Å². The molecule has 4 nitrogen and oxygen atoms in total. The lowest BCUT2D eigenvalue weighted by Gasteiger charge is -1.98. The minimum atomic E-state index is -3.60. The zero-order valence-corrected chi connectivity index (χ0v) is 7.48. The molecule has 0 rings (SSSR count). The van der Waals surface area contributed by atoms with Gasteiger partial charge in [-0.1, -0.05) is 13.3 Å². The van der Waals surface area contributed by atoms with Gasteiger partial charge >= 0.3 is 16.1 Å². The van der Waals surface area contributed by atoms with E-state index in [1.54, 1.807) is 0 Å². The Morgan fingerprint density at radius 1 is 1.45 bits per heavy atom. The molecule has 0 heterocycles. The Morgan fingerprint density at radius 2 is 2.00 bits per heavy atom. The van der Waals surface area contributed by atoms with E-state index in [2.05, 4.69) is 4.18 Å². The molecule has 0 aliphatic rings. The molecule has 0 unspecified atom stereocenters. The molecule has 0 saturated heterocycles. The van der Waals surface area contributed by atoms with Crippen molar-refractivity contribution in [1.82, 2.24) is 0 Å². The summed E-state index contributed by atoms with van der Waals surface area (Å²) in [4.78, 5) is 10.6. The van der Waals surface area contributed by atoms with Crippen molar-refractivity contribution in [3.63, 3.8) is 0 Å². The van der Waals surface area contributed by atoms with E-state index in [0.717, 1.165) is 12.7 Å². The molecule has 0 aromatic heterocycles. The fraction of sp³-hybridized carbons (Fsp3) is 0.833. The first kappa shape index (κ1) is 10.4. The van der Waals surface area contributed by atoms with Crippen molar-refractivity contribution in [3.8, 4) is 0 Å². The Kier molecular flexibility index (Phi) is 4.10. The van der Waals surface area contributed by atoms with Gasteiger partial charge in [-0.15, -0.1) is 0 Å². The van der Waals surface area contributed by atoms with Gasteiger partial charge in [0, 0.05) is 6.42 Å². The minimum absolute atomic E-state index is 0.170. The van der Waals surface area contributed by atoms with E-state index in [4.69, 9.17) is 0 Å². The van der Waals surface area contributed by atoms with Crippen LogP contribution in [0.3, 0.4) is 0 Å². The Morgan fingerprint density at radius 3 is 2.36 bits per heavy atom. The van der Waals surface area contributed by atoms with Crippen LogP contribution >= 0.6 is 0 Å². The lowest BCUT2D eigenvalue weighted by atomic mass is 10.3. The third kappa shape index (κ3) is 7.32. The van der Waals surface area contributed by atoms with Gasteiger partial charge in [0.25, 0.3) is 0 Å². The molecule has 0 radical (unpaired) electrons. The van der Waals surface area contributed by atoms with Crippen molar-refractivity contribution in [2.24, 2.45) is 0 Å². The summed E-state index contributed by atoms with van der Waals surface area (Å²) in [6, 6.07) is 0. The second-order valence-electron chi connectivity index (χ2n) is 2.26. The van der Waals surface area contributed by atoms with Crippen LogP contribution in [0.5, 0.6) is 0 Å². The van der Waals surface area contributed by atoms with Gasteiger partial charge in [-0.2, -0.15) is 8.42 Å². The molecule has 0 aliphatic heterocycles. The van der Waals surface area contributed by atoms with Gasteiger partial charge in [-0.25, -0.2) is 0 Å². The van der Waals surface area contributed by atoms with Gasteiger partial charge < -0.3 is 4.18 Å². The quantitative estimate of drug-likeness (QED) is 0.597. The van der Waals surface area contributed by atoms with E-state index in [9.17, 15) is 13.2 Å². The van der Waals surface area contributed by atoms with E-state index in [1.165, 1.54) is 0 Å². The molecule has 0 spiro atoms. The van der Waals surface area contributed by atoms with E-state index >= 15 is 0 Å². The van der Waals surface area contributed by atoms with Crippen LogP contribution in [0.4, 0.5) is 0 Å². The van der Waals surface area contributed by atoms with Crippen LogP contribution in [0.1, 0.15) is 26.2 Å². The number of hydrogen-bond donors (Lipinski definition) is 0. The lowest BCUT2D eigenvalue weighted by molar-refractivity contribution is -0.133. The first-order chi connectivity index (χ1) is 4.95. The van der Waals surface area contributed by atoms with Crippen molar-refractivity contribution in [2.45, 2.75) is 26.2 Å². The zero-order chi connectivity index (χ0) is 8.91. The largest absolute Gasteiger partial charge is 0.346 e. The molecule has 5 heteroatoms. The Bertz CT molecular complexity index is 217. The molecule has 0 atom stereocenters. The highest BCUT2D eigenvalue weighted by Crippen LogP contribution is 1.98. The van der Waals surface area contributed by atoms with Crippen LogP contribution in [0.25, 0.3) is 0 Å². The van der Waals surface area contributed by atoms with Crippen molar-refractivity contribution < 1.29 is 17.4 Å². The van der Waals surface area contributed by atoms with E-state index in [-0.39, 0.29) is 6.42 Å². The van der Waals surface area contributed by atoms with Gasteiger partial charge in [-0.3, -0.25) is 4.79 Å². The summed E-state index contributed by atoms with van der Waals surface area (Å²) in [6.07, 6.45) is 2.54. The number of carbonyl (C=O) groups excluding carboxylic acids is 1. The zero-order valence-electron chi connectivity index (χ0n) is 6.66. The van der Waals surface area contributed by atoms with Crippen molar-refractivity contribution in [1.29, 1.82) is 0 Å². The molecule has 0 fully saturated rings. The lowest BCUT2D eigenvalue weighted by Crippen LogP contribution is -2.10. The predicted octanol–water partition coefficient (Wildman–Crippen LogP) is 0.679. The van der Waals surface area contributed by atoms with E-state index < -0.39 is 16.1 Å². The SMILES string of the molecule is CCCCC(=O)OS(C)(=O)=O. The fourth-order valence-electron chi connectivity index (χ4n) is 0.532.